The lowest BCUT2D eigenvalue weighted by Crippen LogP contribution is -2.32. The number of aryl methyl sites for hydroxylation is 1. The molecule has 0 amide bonds. The van der Waals surface area contributed by atoms with E-state index < -0.39 is 0 Å². The van der Waals surface area contributed by atoms with Crippen LogP contribution in [0.25, 0.3) is 0 Å². The summed E-state index contributed by atoms with van der Waals surface area (Å²) in [4.78, 5) is 11.5. The van der Waals surface area contributed by atoms with Crippen LogP contribution in [0.4, 0.5) is 21.8 Å². The van der Waals surface area contributed by atoms with Gasteiger partial charge in [-0.2, -0.15) is 4.98 Å². The van der Waals surface area contributed by atoms with Gasteiger partial charge in [0.25, 0.3) is 0 Å². The van der Waals surface area contributed by atoms with Gasteiger partial charge in [-0.05, 0) is 61.7 Å². The average Bonchev–Trinajstić information content (AvgIpc) is 2.64. The van der Waals surface area contributed by atoms with Crippen molar-refractivity contribution in [2.45, 2.75) is 34.2 Å². The molecule has 2 aromatic carbocycles. The van der Waals surface area contributed by atoms with Crippen molar-refractivity contribution < 1.29 is 4.39 Å². The highest BCUT2D eigenvalue weighted by molar-refractivity contribution is 6.30. The molecule has 0 aliphatic carbocycles. The standard InChI is InChI=1S/C21H20ClFN4.CH4.ClH/c1-13-14(2)24-21(25-19-5-3-4-17(22)11-19)26-20(13)27-9-8-15-6-7-18(23)10-16(15)12-27;;/h3-7,10-11H,8-9,12H2,1-2H3,(H,24,25,26);1H4;1H. The lowest BCUT2D eigenvalue weighted by Gasteiger charge is -2.31. The fourth-order valence-corrected chi connectivity index (χ4v) is 3.57. The Labute approximate surface area is 182 Å². The van der Waals surface area contributed by atoms with Crippen LogP contribution in [-0.4, -0.2) is 16.5 Å². The number of hydrogen-bond acceptors (Lipinski definition) is 4. The maximum atomic E-state index is 13.6. The van der Waals surface area contributed by atoms with Crippen molar-refractivity contribution in [2.75, 3.05) is 16.8 Å². The van der Waals surface area contributed by atoms with Crippen LogP contribution in [0.5, 0.6) is 0 Å². The van der Waals surface area contributed by atoms with E-state index >= 15 is 0 Å². The summed E-state index contributed by atoms with van der Waals surface area (Å²) in [7, 11) is 0. The van der Waals surface area contributed by atoms with E-state index in [4.69, 9.17) is 16.6 Å². The molecule has 0 atom stereocenters. The quantitative estimate of drug-likeness (QED) is 0.528. The maximum absolute atomic E-state index is 13.6. The summed E-state index contributed by atoms with van der Waals surface area (Å²) in [6.45, 7) is 5.48. The predicted octanol–water partition coefficient (Wildman–Crippen LogP) is 6.25. The Balaban J connectivity index is 0.00000150. The summed E-state index contributed by atoms with van der Waals surface area (Å²) in [5.74, 6) is 1.21. The molecule has 1 N–H and O–H groups in total. The monoisotopic (exact) mass is 434 g/mol. The number of halogens is 3. The van der Waals surface area contributed by atoms with E-state index in [-0.39, 0.29) is 25.7 Å². The number of nitrogens with zero attached hydrogens (tertiary/aromatic N) is 3. The third kappa shape index (κ3) is 4.98. The zero-order chi connectivity index (χ0) is 19.0. The van der Waals surface area contributed by atoms with Gasteiger partial charge < -0.3 is 10.2 Å². The second-order valence-corrected chi connectivity index (χ2v) is 7.24. The number of aromatic nitrogens is 2. The Morgan fingerprint density at radius 3 is 2.62 bits per heavy atom. The number of fused-ring (bicyclic) bond motifs is 1. The van der Waals surface area contributed by atoms with Gasteiger partial charge in [-0.25, -0.2) is 9.37 Å². The molecule has 1 aliphatic heterocycles. The Morgan fingerprint density at radius 2 is 1.86 bits per heavy atom. The molecule has 3 aromatic rings. The van der Waals surface area contributed by atoms with Gasteiger partial charge in [0.05, 0.1) is 0 Å². The zero-order valence-electron chi connectivity index (χ0n) is 15.7. The van der Waals surface area contributed by atoms with E-state index in [9.17, 15) is 4.39 Å². The van der Waals surface area contributed by atoms with E-state index in [0.29, 0.717) is 17.5 Å². The second kappa shape index (κ2) is 9.42. The topological polar surface area (TPSA) is 41.1 Å². The molecule has 1 aromatic heterocycles. The highest BCUT2D eigenvalue weighted by Crippen LogP contribution is 2.29. The summed E-state index contributed by atoms with van der Waals surface area (Å²) in [5.41, 5.74) is 5.00. The minimum absolute atomic E-state index is 0. The molecule has 0 bridgehead atoms. The van der Waals surface area contributed by atoms with Crippen LogP contribution in [0.2, 0.25) is 5.02 Å². The molecule has 0 saturated carbocycles. The number of benzene rings is 2. The number of rotatable bonds is 3. The zero-order valence-corrected chi connectivity index (χ0v) is 17.2. The highest BCUT2D eigenvalue weighted by Gasteiger charge is 2.21. The first-order valence-electron chi connectivity index (χ1n) is 8.89. The largest absolute Gasteiger partial charge is 0.352 e. The molecule has 0 radical (unpaired) electrons. The van der Waals surface area contributed by atoms with Crippen LogP contribution >= 0.6 is 24.0 Å². The Bertz CT molecular complexity index is 1010. The summed E-state index contributed by atoms with van der Waals surface area (Å²) >= 11 is 6.06. The van der Waals surface area contributed by atoms with E-state index in [1.54, 1.807) is 6.07 Å². The van der Waals surface area contributed by atoms with Crippen LogP contribution in [0, 0.1) is 19.7 Å². The maximum Gasteiger partial charge on any atom is 0.229 e. The molecule has 1 aliphatic rings. The second-order valence-electron chi connectivity index (χ2n) is 6.80. The lowest BCUT2D eigenvalue weighted by molar-refractivity contribution is 0.618. The Kier molecular flexibility index (Phi) is 7.44. The minimum Gasteiger partial charge on any atom is -0.352 e. The Hall–Kier alpha value is -2.37. The number of anilines is 3. The van der Waals surface area contributed by atoms with Gasteiger partial charge in [0.1, 0.15) is 11.6 Å². The molecule has 7 heteroatoms. The van der Waals surface area contributed by atoms with Crippen LogP contribution in [0.3, 0.4) is 0 Å². The minimum atomic E-state index is -0.200. The van der Waals surface area contributed by atoms with Gasteiger partial charge in [-0.1, -0.05) is 31.2 Å². The first-order chi connectivity index (χ1) is 13.0. The van der Waals surface area contributed by atoms with Gasteiger partial charge >= 0.3 is 0 Å². The van der Waals surface area contributed by atoms with Crippen LogP contribution in [-0.2, 0) is 13.0 Å². The van der Waals surface area contributed by atoms with Crippen molar-refractivity contribution >= 4 is 41.5 Å². The molecular weight excluding hydrogens is 410 g/mol. The summed E-state index contributed by atoms with van der Waals surface area (Å²) < 4.78 is 13.6. The van der Waals surface area contributed by atoms with E-state index in [2.05, 4.69) is 15.2 Å². The summed E-state index contributed by atoms with van der Waals surface area (Å²) in [6, 6.07) is 12.5. The summed E-state index contributed by atoms with van der Waals surface area (Å²) in [6.07, 6.45) is 0.870. The third-order valence-corrected chi connectivity index (χ3v) is 5.16. The van der Waals surface area contributed by atoms with Crippen molar-refractivity contribution in [3.8, 4) is 0 Å². The van der Waals surface area contributed by atoms with Crippen LogP contribution in [0.1, 0.15) is 29.8 Å². The molecule has 4 nitrogen and oxygen atoms in total. The SMILES string of the molecule is C.Cc1nc(Nc2cccc(Cl)c2)nc(N2CCc3ccc(F)cc3C2)c1C.Cl. The third-order valence-electron chi connectivity index (χ3n) is 4.92. The average molecular weight is 435 g/mol. The van der Waals surface area contributed by atoms with Gasteiger partial charge in [-0.15, -0.1) is 12.4 Å². The smallest absolute Gasteiger partial charge is 0.229 e. The van der Waals surface area contributed by atoms with Crippen LogP contribution in [0.15, 0.2) is 42.5 Å². The number of nitrogens with one attached hydrogen (secondary N) is 1. The molecule has 0 saturated heterocycles. The van der Waals surface area contributed by atoms with Crippen LogP contribution < -0.4 is 10.2 Å². The van der Waals surface area contributed by atoms with Gasteiger partial charge in [0.15, 0.2) is 0 Å². The molecule has 0 fully saturated rings. The molecule has 4 rings (SSSR count). The van der Waals surface area contributed by atoms with E-state index in [0.717, 1.165) is 41.3 Å². The number of hydrogen-bond donors (Lipinski definition) is 1. The van der Waals surface area contributed by atoms with Crippen molar-refractivity contribution in [2.24, 2.45) is 0 Å². The van der Waals surface area contributed by atoms with Gasteiger partial charge in [0.2, 0.25) is 5.95 Å². The first kappa shape index (κ1) is 22.9. The van der Waals surface area contributed by atoms with Gasteiger partial charge in [0, 0.05) is 35.1 Å². The fraction of sp³-hybridized carbons (Fsp3) is 0.273. The molecular formula is C22H25Cl2FN4. The highest BCUT2D eigenvalue weighted by atomic mass is 35.5. The van der Waals surface area contributed by atoms with E-state index in [1.165, 1.54) is 11.6 Å². The van der Waals surface area contributed by atoms with Crippen molar-refractivity contribution in [3.63, 3.8) is 0 Å². The fourth-order valence-electron chi connectivity index (χ4n) is 3.38. The summed E-state index contributed by atoms with van der Waals surface area (Å²) in [5, 5.41) is 3.88. The van der Waals surface area contributed by atoms with E-state index in [1.807, 2.05) is 44.2 Å². The van der Waals surface area contributed by atoms with Gasteiger partial charge in [-0.3, -0.25) is 0 Å². The Morgan fingerprint density at radius 1 is 1.07 bits per heavy atom. The molecule has 2 heterocycles. The predicted molar refractivity (Wildman–Crippen MR) is 121 cm³/mol. The first-order valence-corrected chi connectivity index (χ1v) is 9.27. The molecule has 0 unspecified atom stereocenters. The van der Waals surface area contributed by atoms with Crippen molar-refractivity contribution in [1.29, 1.82) is 0 Å². The van der Waals surface area contributed by atoms with Crippen molar-refractivity contribution in [1.82, 2.24) is 9.97 Å². The molecule has 29 heavy (non-hydrogen) atoms. The molecule has 154 valence electrons. The lowest BCUT2D eigenvalue weighted by atomic mass is 9.99. The normalized spacial score (nSPS) is 12.5. The molecule has 0 spiro atoms. The van der Waals surface area contributed by atoms with Crippen molar-refractivity contribution in [3.05, 3.63) is 75.7 Å².